The SMILES string of the molecule is C=CCCCCC1(C=C)c2cc(C)ccc2-c2ccc(C)cc21. The predicted molar refractivity (Wildman–Crippen MR) is 101 cm³/mol. The smallest absolute Gasteiger partial charge is 0.0391 e. The van der Waals surface area contributed by atoms with Crippen molar-refractivity contribution in [3.8, 4) is 11.1 Å². The van der Waals surface area contributed by atoms with E-state index < -0.39 is 0 Å². The Balaban J connectivity index is 2.13. The van der Waals surface area contributed by atoms with Gasteiger partial charge in [-0.2, -0.15) is 0 Å². The zero-order chi connectivity index (χ0) is 16.4. The number of fused-ring (bicyclic) bond motifs is 3. The first kappa shape index (κ1) is 15.8. The highest BCUT2D eigenvalue weighted by Gasteiger charge is 2.40. The maximum absolute atomic E-state index is 4.25. The highest BCUT2D eigenvalue weighted by molar-refractivity contribution is 5.82. The van der Waals surface area contributed by atoms with Crippen molar-refractivity contribution in [2.75, 3.05) is 0 Å². The molecule has 0 N–H and O–H groups in total. The summed E-state index contributed by atoms with van der Waals surface area (Å²) in [6.45, 7) is 12.5. The van der Waals surface area contributed by atoms with Crippen molar-refractivity contribution in [3.05, 3.63) is 84.0 Å². The van der Waals surface area contributed by atoms with Gasteiger partial charge in [-0.25, -0.2) is 0 Å². The standard InChI is InChI=1S/C23H26/c1-5-7-8-9-14-23(6-2)21-15-17(3)10-12-19(21)20-13-11-18(4)16-22(20)23/h5-6,10-13,15-16H,1-2,7-9,14H2,3-4H3. The van der Waals surface area contributed by atoms with E-state index in [4.69, 9.17) is 0 Å². The summed E-state index contributed by atoms with van der Waals surface area (Å²) >= 11 is 0. The Bertz CT molecular complexity index is 697. The lowest BCUT2D eigenvalue weighted by Gasteiger charge is -2.29. The summed E-state index contributed by atoms with van der Waals surface area (Å²) in [5.74, 6) is 0. The van der Waals surface area contributed by atoms with Crippen LogP contribution in [0.3, 0.4) is 0 Å². The van der Waals surface area contributed by atoms with E-state index >= 15 is 0 Å². The van der Waals surface area contributed by atoms with Crippen molar-refractivity contribution in [1.29, 1.82) is 0 Å². The third-order valence-electron chi connectivity index (χ3n) is 5.18. The number of hydrogen-bond acceptors (Lipinski definition) is 0. The van der Waals surface area contributed by atoms with Gasteiger partial charge in [0.15, 0.2) is 0 Å². The summed E-state index contributed by atoms with van der Waals surface area (Å²) in [5, 5.41) is 0. The molecule has 0 heterocycles. The van der Waals surface area contributed by atoms with Crippen molar-refractivity contribution < 1.29 is 0 Å². The number of unbranched alkanes of at least 4 members (excludes halogenated alkanes) is 2. The Hall–Kier alpha value is -2.08. The molecule has 0 aromatic heterocycles. The zero-order valence-electron chi connectivity index (χ0n) is 14.4. The van der Waals surface area contributed by atoms with Gasteiger partial charge in [0.05, 0.1) is 0 Å². The van der Waals surface area contributed by atoms with Crippen LogP contribution in [0.15, 0.2) is 61.7 Å². The van der Waals surface area contributed by atoms with Gasteiger partial charge in [-0.05, 0) is 55.4 Å². The number of rotatable bonds is 6. The fourth-order valence-corrected chi connectivity index (χ4v) is 3.95. The Kier molecular flexibility index (Phi) is 4.26. The maximum Gasteiger partial charge on any atom is 0.0391 e. The molecule has 0 radical (unpaired) electrons. The Labute approximate surface area is 140 Å². The summed E-state index contributed by atoms with van der Waals surface area (Å²) in [4.78, 5) is 0. The minimum Gasteiger partial charge on any atom is -0.103 e. The molecule has 0 atom stereocenters. The van der Waals surface area contributed by atoms with Crippen LogP contribution in [0.25, 0.3) is 11.1 Å². The average Bonchev–Trinajstić information content (AvgIpc) is 2.81. The van der Waals surface area contributed by atoms with Crippen molar-refractivity contribution in [3.63, 3.8) is 0 Å². The van der Waals surface area contributed by atoms with Gasteiger partial charge in [-0.15, -0.1) is 13.2 Å². The van der Waals surface area contributed by atoms with E-state index in [2.05, 4.69) is 69.5 Å². The topological polar surface area (TPSA) is 0 Å². The lowest BCUT2D eigenvalue weighted by Crippen LogP contribution is -2.22. The summed E-state index contributed by atoms with van der Waals surface area (Å²) in [5.41, 5.74) is 8.25. The van der Waals surface area contributed by atoms with Crippen LogP contribution in [-0.2, 0) is 5.41 Å². The minimum absolute atomic E-state index is 0.0378. The third-order valence-corrected chi connectivity index (χ3v) is 5.18. The molecule has 23 heavy (non-hydrogen) atoms. The highest BCUT2D eigenvalue weighted by atomic mass is 14.4. The van der Waals surface area contributed by atoms with Gasteiger partial charge in [-0.1, -0.05) is 66.1 Å². The lowest BCUT2D eigenvalue weighted by atomic mass is 9.74. The quantitative estimate of drug-likeness (QED) is 0.422. The second-order valence-corrected chi connectivity index (χ2v) is 6.81. The Morgan fingerprint density at radius 3 is 1.91 bits per heavy atom. The molecule has 0 nitrogen and oxygen atoms in total. The number of allylic oxidation sites excluding steroid dienone is 2. The Morgan fingerprint density at radius 1 is 0.870 bits per heavy atom. The molecule has 0 fully saturated rings. The largest absolute Gasteiger partial charge is 0.103 e. The molecule has 0 aliphatic heterocycles. The van der Waals surface area contributed by atoms with Gasteiger partial charge < -0.3 is 0 Å². The monoisotopic (exact) mass is 302 g/mol. The second kappa shape index (κ2) is 6.20. The van der Waals surface area contributed by atoms with E-state index in [1.54, 1.807) is 0 Å². The molecule has 0 spiro atoms. The van der Waals surface area contributed by atoms with Crippen LogP contribution in [0.5, 0.6) is 0 Å². The number of benzene rings is 2. The van der Waals surface area contributed by atoms with E-state index in [-0.39, 0.29) is 5.41 Å². The van der Waals surface area contributed by atoms with E-state index in [9.17, 15) is 0 Å². The number of aryl methyl sites for hydroxylation is 2. The highest BCUT2D eigenvalue weighted by Crippen LogP contribution is 2.52. The normalized spacial score (nSPS) is 14.2. The fourth-order valence-electron chi connectivity index (χ4n) is 3.95. The zero-order valence-corrected chi connectivity index (χ0v) is 14.4. The molecular formula is C23H26. The Morgan fingerprint density at radius 2 is 1.43 bits per heavy atom. The molecule has 0 unspecified atom stereocenters. The van der Waals surface area contributed by atoms with Gasteiger partial charge in [-0.3, -0.25) is 0 Å². The van der Waals surface area contributed by atoms with Crippen LogP contribution in [-0.4, -0.2) is 0 Å². The van der Waals surface area contributed by atoms with Crippen LogP contribution >= 0.6 is 0 Å². The van der Waals surface area contributed by atoms with Crippen molar-refractivity contribution in [2.45, 2.75) is 44.9 Å². The van der Waals surface area contributed by atoms with Gasteiger partial charge in [0.2, 0.25) is 0 Å². The molecule has 3 rings (SSSR count). The van der Waals surface area contributed by atoms with E-state index in [1.165, 1.54) is 46.2 Å². The van der Waals surface area contributed by atoms with Crippen LogP contribution in [0.4, 0.5) is 0 Å². The lowest BCUT2D eigenvalue weighted by molar-refractivity contribution is 0.546. The van der Waals surface area contributed by atoms with Crippen molar-refractivity contribution in [1.82, 2.24) is 0 Å². The molecule has 2 aromatic carbocycles. The summed E-state index contributed by atoms with van der Waals surface area (Å²) in [6, 6.07) is 13.7. The molecule has 0 saturated carbocycles. The van der Waals surface area contributed by atoms with Crippen molar-refractivity contribution >= 4 is 0 Å². The molecule has 2 aromatic rings. The molecular weight excluding hydrogens is 276 g/mol. The van der Waals surface area contributed by atoms with Crippen molar-refractivity contribution in [2.24, 2.45) is 0 Å². The van der Waals surface area contributed by atoms with Gasteiger partial charge in [0.1, 0.15) is 0 Å². The second-order valence-electron chi connectivity index (χ2n) is 6.81. The van der Waals surface area contributed by atoms with Crippen LogP contribution in [0, 0.1) is 13.8 Å². The molecule has 1 aliphatic rings. The first-order chi connectivity index (χ1) is 11.1. The first-order valence-electron chi connectivity index (χ1n) is 8.59. The van der Waals surface area contributed by atoms with Crippen LogP contribution in [0.2, 0.25) is 0 Å². The van der Waals surface area contributed by atoms with E-state index in [1.807, 2.05) is 6.08 Å². The maximum atomic E-state index is 4.25. The predicted octanol–water partition coefficient (Wildman–Crippen LogP) is 6.50. The third kappa shape index (κ3) is 2.57. The van der Waals surface area contributed by atoms with Gasteiger partial charge in [0, 0.05) is 5.41 Å². The van der Waals surface area contributed by atoms with Crippen LogP contribution in [0.1, 0.15) is 47.9 Å². The molecule has 0 heteroatoms. The average molecular weight is 302 g/mol. The summed E-state index contributed by atoms with van der Waals surface area (Å²) in [6.07, 6.45) is 8.81. The van der Waals surface area contributed by atoms with Gasteiger partial charge >= 0.3 is 0 Å². The van der Waals surface area contributed by atoms with E-state index in [0.717, 1.165) is 12.8 Å². The molecule has 1 aliphatic carbocycles. The fraction of sp³-hybridized carbons (Fsp3) is 0.304. The molecule has 118 valence electrons. The molecule has 0 saturated heterocycles. The molecule has 0 bridgehead atoms. The summed E-state index contributed by atoms with van der Waals surface area (Å²) < 4.78 is 0. The van der Waals surface area contributed by atoms with E-state index in [0.29, 0.717) is 0 Å². The molecule has 0 amide bonds. The van der Waals surface area contributed by atoms with Crippen LogP contribution < -0.4 is 0 Å². The first-order valence-corrected chi connectivity index (χ1v) is 8.59. The number of hydrogen-bond donors (Lipinski definition) is 0. The summed E-state index contributed by atoms with van der Waals surface area (Å²) in [7, 11) is 0. The minimum atomic E-state index is -0.0378. The van der Waals surface area contributed by atoms with Gasteiger partial charge in [0.25, 0.3) is 0 Å².